The van der Waals surface area contributed by atoms with Crippen molar-refractivity contribution in [3.63, 3.8) is 0 Å². The summed E-state index contributed by atoms with van der Waals surface area (Å²) in [5.41, 5.74) is 1.42. The fourth-order valence-corrected chi connectivity index (χ4v) is 4.75. The lowest BCUT2D eigenvalue weighted by Gasteiger charge is -2.29. The lowest BCUT2D eigenvalue weighted by atomic mass is 10.0. The van der Waals surface area contributed by atoms with E-state index < -0.39 is 29.3 Å². The van der Waals surface area contributed by atoms with Gasteiger partial charge in [0.2, 0.25) is 0 Å². The predicted octanol–water partition coefficient (Wildman–Crippen LogP) is 3.95. The fraction of sp³-hybridized carbons (Fsp3) is 0.211. The maximum Gasteiger partial charge on any atom is 0.471 e. The molecule has 1 aliphatic rings. The number of carbonyl (C=O) groups is 2. The molecule has 1 aliphatic heterocycles. The minimum absolute atomic E-state index is 0.0692. The van der Waals surface area contributed by atoms with Crippen LogP contribution in [-0.2, 0) is 4.79 Å². The number of benzene rings is 1. The summed E-state index contributed by atoms with van der Waals surface area (Å²) in [6, 6.07) is 8.98. The van der Waals surface area contributed by atoms with Crippen molar-refractivity contribution in [2.75, 3.05) is 5.75 Å². The average molecular weight is 405 g/mol. The molecule has 3 heterocycles. The van der Waals surface area contributed by atoms with E-state index in [9.17, 15) is 22.8 Å². The Morgan fingerprint density at radius 2 is 1.96 bits per heavy atom. The van der Waals surface area contributed by atoms with E-state index >= 15 is 0 Å². The standard InChI is InChI=1S/C19H14F3N3O2S/c20-19(21,22)18(27)25-15(10-28-17(25)11-4-3-7-23-8-11)16(26)13-9-24-14-6-2-1-5-12(13)14/h1-9,15,17,24H,10H2/t15-,17-/m0/s1. The first-order chi connectivity index (χ1) is 13.4. The van der Waals surface area contributed by atoms with Crippen LogP contribution in [-0.4, -0.2) is 44.5 Å². The number of aromatic amines is 1. The first kappa shape index (κ1) is 18.5. The first-order valence-corrected chi connectivity index (χ1v) is 9.44. The Morgan fingerprint density at radius 3 is 2.68 bits per heavy atom. The number of Topliss-reactive ketones (excluding diaryl/α,β-unsaturated/α-hetero) is 1. The van der Waals surface area contributed by atoms with E-state index in [1.807, 2.05) is 0 Å². The van der Waals surface area contributed by atoms with Gasteiger partial charge in [0.05, 0.1) is 0 Å². The molecule has 1 saturated heterocycles. The molecule has 1 fully saturated rings. The maximum absolute atomic E-state index is 13.3. The van der Waals surface area contributed by atoms with E-state index in [0.29, 0.717) is 21.4 Å². The summed E-state index contributed by atoms with van der Waals surface area (Å²) < 4.78 is 39.9. The molecule has 0 spiro atoms. The molecule has 0 unspecified atom stereocenters. The summed E-state index contributed by atoms with van der Waals surface area (Å²) in [7, 11) is 0. The largest absolute Gasteiger partial charge is 0.471 e. The molecule has 28 heavy (non-hydrogen) atoms. The highest BCUT2D eigenvalue weighted by molar-refractivity contribution is 7.99. The van der Waals surface area contributed by atoms with Crippen molar-refractivity contribution < 1.29 is 22.8 Å². The van der Waals surface area contributed by atoms with Gasteiger partial charge in [0.25, 0.3) is 0 Å². The summed E-state index contributed by atoms with van der Waals surface area (Å²) in [4.78, 5) is 32.9. The van der Waals surface area contributed by atoms with Gasteiger partial charge in [0.1, 0.15) is 11.4 Å². The number of alkyl halides is 3. The van der Waals surface area contributed by atoms with Gasteiger partial charge in [-0.2, -0.15) is 13.2 Å². The molecule has 1 N–H and O–H groups in total. The normalized spacial score (nSPS) is 19.9. The van der Waals surface area contributed by atoms with Crippen LogP contribution in [0.25, 0.3) is 10.9 Å². The zero-order valence-corrected chi connectivity index (χ0v) is 15.1. The summed E-state index contributed by atoms with van der Waals surface area (Å²) in [5.74, 6) is -2.47. The van der Waals surface area contributed by atoms with E-state index in [1.54, 1.807) is 36.4 Å². The number of aromatic nitrogens is 2. The van der Waals surface area contributed by atoms with Gasteiger partial charge in [-0.25, -0.2) is 0 Å². The average Bonchev–Trinajstić information content (AvgIpc) is 3.31. The number of halogens is 3. The Morgan fingerprint density at radius 1 is 1.18 bits per heavy atom. The van der Waals surface area contributed by atoms with Crippen molar-refractivity contribution >= 4 is 34.4 Å². The summed E-state index contributed by atoms with van der Waals surface area (Å²) in [6.45, 7) is 0. The van der Waals surface area contributed by atoms with Crippen LogP contribution in [0.2, 0.25) is 0 Å². The number of nitrogens with one attached hydrogen (secondary N) is 1. The molecular formula is C19H14F3N3O2S. The SMILES string of the molecule is O=C(c1c[nH]c2ccccc12)[C@@H]1CS[C@@H](c2cccnc2)N1C(=O)C(F)(F)F. The van der Waals surface area contributed by atoms with Gasteiger partial charge in [-0.15, -0.1) is 11.8 Å². The number of H-pyrrole nitrogens is 1. The number of nitrogens with zero attached hydrogens (tertiary/aromatic N) is 2. The van der Waals surface area contributed by atoms with Crippen molar-refractivity contribution in [3.8, 4) is 0 Å². The van der Waals surface area contributed by atoms with Crippen LogP contribution in [0.5, 0.6) is 0 Å². The zero-order chi connectivity index (χ0) is 19.9. The Balaban J connectivity index is 1.74. The van der Waals surface area contributed by atoms with Gasteiger partial charge < -0.3 is 9.88 Å². The Labute approximate surface area is 161 Å². The third-order valence-electron chi connectivity index (χ3n) is 4.60. The molecule has 1 aromatic carbocycles. The van der Waals surface area contributed by atoms with E-state index in [0.717, 1.165) is 11.8 Å². The highest BCUT2D eigenvalue weighted by Gasteiger charge is 2.52. The van der Waals surface area contributed by atoms with Crippen molar-refractivity contribution in [3.05, 3.63) is 66.1 Å². The number of ketones is 1. The number of hydrogen-bond donors (Lipinski definition) is 1. The first-order valence-electron chi connectivity index (χ1n) is 8.39. The van der Waals surface area contributed by atoms with Gasteiger partial charge in [-0.1, -0.05) is 24.3 Å². The van der Waals surface area contributed by atoms with Crippen LogP contribution in [0.3, 0.4) is 0 Å². The summed E-state index contributed by atoms with van der Waals surface area (Å²) in [5, 5.41) is -0.316. The number of para-hydroxylation sites is 1. The lowest BCUT2D eigenvalue weighted by molar-refractivity contribution is -0.187. The smallest absolute Gasteiger partial charge is 0.360 e. The highest BCUT2D eigenvalue weighted by atomic mass is 32.2. The Kier molecular flexibility index (Phi) is 4.62. The van der Waals surface area contributed by atoms with Crippen molar-refractivity contribution in [2.45, 2.75) is 17.6 Å². The molecule has 0 radical (unpaired) electrons. The molecule has 0 saturated carbocycles. The molecule has 0 aliphatic carbocycles. The predicted molar refractivity (Wildman–Crippen MR) is 98.8 cm³/mol. The molecule has 2 atom stereocenters. The molecule has 9 heteroatoms. The number of rotatable bonds is 3. The maximum atomic E-state index is 13.3. The van der Waals surface area contributed by atoms with E-state index in [1.165, 1.54) is 18.6 Å². The third kappa shape index (κ3) is 3.15. The van der Waals surface area contributed by atoms with Crippen molar-refractivity contribution in [1.29, 1.82) is 0 Å². The quantitative estimate of drug-likeness (QED) is 0.670. The topological polar surface area (TPSA) is 66.1 Å². The minimum Gasteiger partial charge on any atom is -0.360 e. The molecule has 2 aromatic heterocycles. The van der Waals surface area contributed by atoms with E-state index in [4.69, 9.17) is 0 Å². The molecule has 4 rings (SSSR count). The van der Waals surface area contributed by atoms with Crippen LogP contribution < -0.4 is 0 Å². The minimum atomic E-state index is -5.08. The van der Waals surface area contributed by atoms with Gasteiger partial charge in [0.15, 0.2) is 5.78 Å². The molecule has 5 nitrogen and oxygen atoms in total. The second-order valence-electron chi connectivity index (χ2n) is 6.31. The lowest BCUT2D eigenvalue weighted by Crippen LogP contribution is -2.48. The highest BCUT2D eigenvalue weighted by Crippen LogP contribution is 2.44. The van der Waals surface area contributed by atoms with Crippen LogP contribution >= 0.6 is 11.8 Å². The molecule has 3 aromatic rings. The van der Waals surface area contributed by atoms with Gasteiger partial charge in [-0.05, 0) is 12.1 Å². The number of fused-ring (bicyclic) bond motifs is 1. The van der Waals surface area contributed by atoms with Crippen molar-refractivity contribution in [2.24, 2.45) is 0 Å². The number of amides is 1. The second-order valence-corrected chi connectivity index (χ2v) is 7.42. The Hall–Kier alpha value is -2.81. The van der Waals surface area contributed by atoms with Gasteiger partial charge in [0, 0.05) is 46.4 Å². The van der Waals surface area contributed by atoms with E-state index in [2.05, 4.69) is 9.97 Å². The van der Waals surface area contributed by atoms with Crippen LogP contribution in [0.15, 0.2) is 55.0 Å². The summed E-state index contributed by atoms with van der Waals surface area (Å²) >= 11 is 1.12. The van der Waals surface area contributed by atoms with Gasteiger partial charge >= 0.3 is 12.1 Å². The Bertz CT molecular complexity index is 1040. The zero-order valence-electron chi connectivity index (χ0n) is 14.3. The molecule has 1 amide bonds. The second kappa shape index (κ2) is 6.97. The number of thioether (sulfide) groups is 1. The van der Waals surface area contributed by atoms with Crippen LogP contribution in [0, 0.1) is 0 Å². The van der Waals surface area contributed by atoms with Crippen LogP contribution in [0.4, 0.5) is 13.2 Å². The van der Waals surface area contributed by atoms with Crippen molar-refractivity contribution in [1.82, 2.24) is 14.9 Å². The summed E-state index contributed by atoms with van der Waals surface area (Å²) in [6.07, 6.45) is -0.699. The molecule has 144 valence electrons. The number of hydrogen-bond acceptors (Lipinski definition) is 4. The van der Waals surface area contributed by atoms with Crippen LogP contribution in [0.1, 0.15) is 21.3 Å². The number of pyridine rings is 1. The molecule has 0 bridgehead atoms. The molecular weight excluding hydrogens is 391 g/mol. The fourth-order valence-electron chi connectivity index (χ4n) is 3.34. The number of carbonyl (C=O) groups excluding carboxylic acids is 2. The van der Waals surface area contributed by atoms with E-state index in [-0.39, 0.29) is 11.3 Å². The van der Waals surface area contributed by atoms with Gasteiger partial charge in [-0.3, -0.25) is 14.6 Å². The third-order valence-corrected chi connectivity index (χ3v) is 5.93. The monoisotopic (exact) mass is 405 g/mol.